The smallest absolute Gasteiger partial charge is 0.274 e. The number of nitro groups is 1. The predicted molar refractivity (Wildman–Crippen MR) is 74.4 cm³/mol. The van der Waals surface area contributed by atoms with Crippen molar-refractivity contribution in [2.24, 2.45) is 5.73 Å². The highest BCUT2D eigenvalue weighted by molar-refractivity contribution is 5.93. The van der Waals surface area contributed by atoms with Gasteiger partial charge in [-0.1, -0.05) is 6.07 Å². The topological polar surface area (TPSA) is 102 Å². The van der Waals surface area contributed by atoms with Crippen molar-refractivity contribution >= 4 is 11.6 Å². The number of nitrogens with two attached hydrogens (primary N) is 1. The van der Waals surface area contributed by atoms with Gasteiger partial charge in [0.15, 0.2) is 0 Å². The van der Waals surface area contributed by atoms with E-state index in [4.69, 9.17) is 5.73 Å². The number of hydrogen-bond donors (Lipinski definition) is 2. The van der Waals surface area contributed by atoms with Crippen LogP contribution in [0.5, 0.6) is 0 Å². The van der Waals surface area contributed by atoms with E-state index in [1.54, 1.807) is 6.07 Å². The molecular weight excluding hydrogens is 260 g/mol. The molecule has 0 aromatic heterocycles. The normalized spacial score (nSPS) is 19.8. The number of piperazine rings is 1. The van der Waals surface area contributed by atoms with Gasteiger partial charge in [-0.05, 0) is 13.0 Å². The number of benzene rings is 1. The van der Waals surface area contributed by atoms with Crippen LogP contribution in [0.2, 0.25) is 0 Å². The fourth-order valence-corrected chi connectivity index (χ4v) is 2.36. The summed E-state index contributed by atoms with van der Waals surface area (Å²) in [6.07, 6.45) is 0. The molecule has 3 N–H and O–H groups in total. The molecule has 1 aliphatic rings. The van der Waals surface area contributed by atoms with Crippen molar-refractivity contribution < 1.29 is 9.72 Å². The fraction of sp³-hybridized carbons (Fsp3) is 0.462. The number of primary amides is 1. The summed E-state index contributed by atoms with van der Waals surface area (Å²) in [5.74, 6) is -0.657. The molecule has 0 bridgehead atoms. The number of nitrogens with one attached hydrogen (secondary N) is 1. The maximum Gasteiger partial charge on any atom is 0.274 e. The van der Waals surface area contributed by atoms with Crippen LogP contribution in [-0.2, 0) is 6.54 Å². The van der Waals surface area contributed by atoms with Gasteiger partial charge in [-0.3, -0.25) is 19.8 Å². The van der Waals surface area contributed by atoms with Gasteiger partial charge in [0.05, 0.1) is 4.92 Å². The van der Waals surface area contributed by atoms with Crippen LogP contribution < -0.4 is 11.1 Å². The van der Waals surface area contributed by atoms with Crippen molar-refractivity contribution in [3.8, 4) is 0 Å². The highest BCUT2D eigenvalue weighted by Gasteiger charge is 2.23. The lowest BCUT2D eigenvalue weighted by molar-refractivity contribution is -0.385. The SMILES string of the molecule is C[C@@H]1CNCCN1Cc1ccc(C(N)=O)cc1[N+](=O)[O-]. The van der Waals surface area contributed by atoms with Crippen molar-refractivity contribution in [2.75, 3.05) is 19.6 Å². The summed E-state index contributed by atoms with van der Waals surface area (Å²) < 4.78 is 0. The van der Waals surface area contributed by atoms with Crippen LogP contribution in [0.25, 0.3) is 0 Å². The number of amides is 1. The van der Waals surface area contributed by atoms with Crippen LogP contribution in [0.1, 0.15) is 22.8 Å². The molecule has 108 valence electrons. The molecule has 7 heteroatoms. The minimum atomic E-state index is -0.657. The van der Waals surface area contributed by atoms with E-state index >= 15 is 0 Å². The Morgan fingerprint density at radius 3 is 2.95 bits per heavy atom. The molecule has 1 amide bonds. The number of nitro benzene ring substituents is 1. The van der Waals surface area contributed by atoms with Gasteiger partial charge in [-0.15, -0.1) is 0 Å². The zero-order valence-electron chi connectivity index (χ0n) is 11.3. The second-order valence-electron chi connectivity index (χ2n) is 4.99. The molecule has 1 heterocycles. The summed E-state index contributed by atoms with van der Waals surface area (Å²) in [6.45, 7) is 5.16. The number of hydrogen-bond acceptors (Lipinski definition) is 5. The number of nitrogens with zero attached hydrogens (tertiary/aromatic N) is 2. The third-order valence-corrected chi connectivity index (χ3v) is 3.58. The molecule has 2 rings (SSSR count). The summed E-state index contributed by atoms with van der Waals surface area (Å²) >= 11 is 0. The molecule has 1 atom stereocenters. The molecule has 1 aromatic carbocycles. The Balaban J connectivity index is 2.26. The minimum absolute atomic E-state index is 0.0490. The average molecular weight is 278 g/mol. The second kappa shape index (κ2) is 5.98. The van der Waals surface area contributed by atoms with Gasteiger partial charge in [0.25, 0.3) is 5.69 Å². The largest absolute Gasteiger partial charge is 0.366 e. The lowest BCUT2D eigenvalue weighted by Gasteiger charge is -2.33. The first-order valence-electron chi connectivity index (χ1n) is 6.51. The van der Waals surface area contributed by atoms with Gasteiger partial charge in [0.2, 0.25) is 5.91 Å². The molecule has 1 fully saturated rings. The molecule has 20 heavy (non-hydrogen) atoms. The predicted octanol–water partition coefficient (Wildman–Crippen LogP) is 0.487. The van der Waals surface area contributed by atoms with E-state index in [0.29, 0.717) is 18.2 Å². The Kier molecular flexibility index (Phi) is 4.31. The van der Waals surface area contributed by atoms with Gasteiger partial charge in [0.1, 0.15) is 0 Å². The van der Waals surface area contributed by atoms with E-state index in [1.807, 2.05) is 0 Å². The molecule has 0 saturated carbocycles. The molecule has 0 aliphatic carbocycles. The monoisotopic (exact) mass is 278 g/mol. The lowest BCUT2D eigenvalue weighted by atomic mass is 10.1. The zero-order valence-corrected chi connectivity index (χ0v) is 11.3. The van der Waals surface area contributed by atoms with E-state index in [2.05, 4.69) is 17.1 Å². The van der Waals surface area contributed by atoms with Crippen LogP contribution in [0.15, 0.2) is 18.2 Å². The van der Waals surface area contributed by atoms with E-state index in [1.165, 1.54) is 12.1 Å². The van der Waals surface area contributed by atoms with Gasteiger partial charge >= 0.3 is 0 Å². The number of rotatable bonds is 4. The van der Waals surface area contributed by atoms with Crippen LogP contribution in [-0.4, -0.2) is 41.4 Å². The maximum atomic E-state index is 11.1. The number of carbonyl (C=O) groups excluding carboxylic acids is 1. The van der Waals surface area contributed by atoms with Crippen LogP contribution in [0.4, 0.5) is 5.69 Å². The third-order valence-electron chi connectivity index (χ3n) is 3.58. The quantitative estimate of drug-likeness (QED) is 0.616. The summed E-state index contributed by atoms with van der Waals surface area (Å²) in [6, 6.07) is 4.73. The van der Waals surface area contributed by atoms with Crippen molar-refractivity contribution in [1.82, 2.24) is 10.2 Å². The average Bonchev–Trinajstić information content (AvgIpc) is 2.41. The standard InChI is InChI=1S/C13H18N4O3/c1-9-7-15-4-5-16(9)8-11-3-2-10(13(14)18)6-12(11)17(19)20/h2-3,6,9,15H,4-5,7-8H2,1H3,(H2,14,18)/t9-/m1/s1. The zero-order chi connectivity index (χ0) is 14.7. The summed E-state index contributed by atoms with van der Waals surface area (Å²) in [7, 11) is 0. The fourth-order valence-electron chi connectivity index (χ4n) is 2.36. The molecule has 0 radical (unpaired) electrons. The molecule has 0 spiro atoms. The summed E-state index contributed by atoms with van der Waals surface area (Å²) in [4.78, 5) is 24.0. The first kappa shape index (κ1) is 14.4. The van der Waals surface area contributed by atoms with E-state index in [-0.39, 0.29) is 11.3 Å². The molecule has 1 saturated heterocycles. The van der Waals surface area contributed by atoms with Crippen LogP contribution in [0, 0.1) is 10.1 Å². The van der Waals surface area contributed by atoms with Crippen molar-refractivity contribution in [2.45, 2.75) is 19.5 Å². The van der Waals surface area contributed by atoms with Crippen LogP contribution >= 0.6 is 0 Å². The summed E-state index contributed by atoms with van der Waals surface area (Å²) in [5.41, 5.74) is 5.88. The Morgan fingerprint density at radius 2 is 2.35 bits per heavy atom. The second-order valence-corrected chi connectivity index (χ2v) is 4.99. The van der Waals surface area contributed by atoms with E-state index in [9.17, 15) is 14.9 Å². The van der Waals surface area contributed by atoms with E-state index < -0.39 is 10.8 Å². The Morgan fingerprint density at radius 1 is 1.60 bits per heavy atom. The van der Waals surface area contributed by atoms with Gasteiger partial charge in [-0.2, -0.15) is 0 Å². The van der Waals surface area contributed by atoms with Crippen molar-refractivity contribution in [3.63, 3.8) is 0 Å². The van der Waals surface area contributed by atoms with Crippen LogP contribution in [0.3, 0.4) is 0 Å². The third kappa shape index (κ3) is 3.12. The summed E-state index contributed by atoms with van der Waals surface area (Å²) in [5, 5.41) is 14.4. The van der Waals surface area contributed by atoms with Gasteiger partial charge in [-0.25, -0.2) is 0 Å². The van der Waals surface area contributed by atoms with Gasteiger partial charge < -0.3 is 11.1 Å². The minimum Gasteiger partial charge on any atom is -0.366 e. The highest BCUT2D eigenvalue weighted by atomic mass is 16.6. The lowest BCUT2D eigenvalue weighted by Crippen LogP contribution is -2.49. The van der Waals surface area contributed by atoms with Crippen molar-refractivity contribution in [1.29, 1.82) is 0 Å². The van der Waals surface area contributed by atoms with Crippen molar-refractivity contribution in [3.05, 3.63) is 39.4 Å². The molecule has 0 unspecified atom stereocenters. The Labute approximate surface area is 116 Å². The highest BCUT2D eigenvalue weighted by Crippen LogP contribution is 2.23. The number of carbonyl (C=O) groups is 1. The Hall–Kier alpha value is -1.99. The van der Waals surface area contributed by atoms with E-state index in [0.717, 1.165) is 19.6 Å². The molecule has 1 aromatic rings. The molecular formula is C13H18N4O3. The first-order chi connectivity index (χ1) is 9.49. The molecule has 7 nitrogen and oxygen atoms in total. The molecule has 1 aliphatic heterocycles. The Bertz CT molecular complexity index is 532. The van der Waals surface area contributed by atoms with Gasteiger partial charge in [0, 0.05) is 49.4 Å². The first-order valence-corrected chi connectivity index (χ1v) is 6.51. The maximum absolute atomic E-state index is 11.1.